The van der Waals surface area contributed by atoms with Gasteiger partial charge in [0.25, 0.3) is 0 Å². The first-order valence-electron chi connectivity index (χ1n) is 5.65. The van der Waals surface area contributed by atoms with E-state index in [-0.39, 0.29) is 6.61 Å². The molecule has 0 fully saturated rings. The van der Waals surface area contributed by atoms with E-state index in [4.69, 9.17) is 9.84 Å². The van der Waals surface area contributed by atoms with Crippen molar-refractivity contribution in [2.75, 3.05) is 20.8 Å². The van der Waals surface area contributed by atoms with Gasteiger partial charge in [-0.05, 0) is 0 Å². The Balaban J connectivity index is 2.54. The van der Waals surface area contributed by atoms with Gasteiger partial charge in [0.15, 0.2) is 6.04 Å². The predicted molar refractivity (Wildman–Crippen MR) is 66.5 cm³/mol. The SMILES string of the molecule is COCC(NC(=O)N(C)Cc1cnn(C)c1)C(=O)O. The summed E-state index contributed by atoms with van der Waals surface area (Å²) in [6, 6.07) is -1.54. The lowest BCUT2D eigenvalue weighted by atomic mass is 10.3. The molecule has 0 saturated heterocycles. The van der Waals surface area contributed by atoms with Crippen molar-refractivity contribution < 1.29 is 19.4 Å². The van der Waals surface area contributed by atoms with Crippen LogP contribution in [0.1, 0.15) is 5.56 Å². The number of nitrogens with zero attached hydrogens (tertiary/aromatic N) is 3. The Labute approximate surface area is 110 Å². The molecule has 1 aromatic rings. The van der Waals surface area contributed by atoms with Crippen molar-refractivity contribution in [3.05, 3.63) is 18.0 Å². The zero-order chi connectivity index (χ0) is 14.4. The van der Waals surface area contributed by atoms with Gasteiger partial charge >= 0.3 is 12.0 Å². The number of methoxy groups -OCH3 is 1. The molecule has 0 aliphatic carbocycles. The summed E-state index contributed by atoms with van der Waals surface area (Å²) < 4.78 is 6.37. The Hall–Kier alpha value is -2.09. The summed E-state index contributed by atoms with van der Waals surface area (Å²) in [5, 5.41) is 15.3. The number of carbonyl (C=O) groups excluding carboxylic acids is 1. The Morgan fingerprint density at radius 3 is 2.79 bits per heavy atom. The monoisotopic (exact) mass is 270 g/mol. The molecule has 8 heteroatoms. The van der Waals surface area contributed by atoms with Gasteiger partial charge in [0.05, 0.1) is 19.3 Å². The van der Waals surface area contributed by atoms with Crippen molar-refractivity contribution in [3.8, 4) is 0 Å². The summed E-state index contributed by atoms with van der Waals surface area (Å²) in [6.07, 6.45) is 3.43. The van der Waals surface area contributed by atoms with Gasteiger partial charge in [-0.1, -0.05) is 0 Å². The molecule has 0 bridgehead atoms. The molecule has 19 heavy (non-hydrogen) atoms. The highest BCUT2D eigenvalue weighted by Crippen LogP contribution is 2.01. The van der Waals surface area contributed by atoms with Gasteiger partial charge in [0.1, 0.15) is 0 Å². The van der Waals surface area contributed by atoms with Gasteiger partial charge in [-0.2, -0.15) is 5.10 Å². The number of amides is 2. The van der Waals surface area contributed by atoms with E-state index in [0.717, 1.165) is 5.56 Å². The van der Waals surface area contributed by atoms with Crippen LogP contribution >= 0.6 is 0 Å². The number of hydrogen-bond donors (Lipinski definition) is 2. The van der Waals surface area contributed by atoms with Crippen molar-refractivity contribution in [1.29, 1.82) is 0 Å². The van der Waals surface area contributed by atoms with Gasteiger partial charge in [-0.25, -0.2) is 9.59 Å². The molecular formula is C11H18N4O4. The lowest BCUT2D eigenvalue weighted by molar-refractivity contribution is -0.140. The maximum absolute atomic E-state index is 11.8. The van der Waals surface area contributed by atoms with Gasteiger partial charge in [0.2, 0.25) is 0 Å². The van der Waals surface area contributed by atoms with E-state index >= 15 is 0 Å². The Kier molecular flexibility index (Phi) is 5.31. The Bertz CT molecular complexity index is 446. The molecule has 0 aliphatic heterocycles. The number of aromatic nitrogens is 2. The minimum Gasteiger partial charge on any atom is -0.480 e. The minimum absolute atomic E-state index is 0.0815. The van der Waals surface area contributed by atoms with Crippen LogP contribution in [0.3, 0.4) is 0 Å². The van der Waals surface area contributed by atoms with E-state index in [9.17, 15) is 9.59 Å². The van der Waals surface area contributed by atoms with Crippen LogP contribution in [-0.4, -0.2) is 58.6 Å². The van der Waals surface area contributed by atoms with Crippen LogP contribution in [0.4, 0.5) is 4.79 Å². The van der Waals surface area contributed by atoms with Gasteiger partial charge in [-0.15, -0.1) is 0 Å². The standard InChI is InChI=1S/C11H18N4O4/c1-14(5-8-4-12-15(2)6-8)11(18)13-9(7-19-3)10(16)17/h4,6,9H,5,7H2,1-3H3,(H,13,18)(H,16,17). The van der Waals surface area contributed by atoms with Crippen LogP contribution in [0.25, 0.3) is 0 Å². The van der Waals surface area contributed by atoms with Crippen molar-refractivity contribution in [1.82, 2.24) is 20.0 Å². The number of carboxylic acid groups (broad SMARTS) is 1. The van der Waals surface area contributed by atoms with Crippen molar-refractivity contribution in [2.24, 2.45) is 7.05 Å². The third-order valence-electron chi connectivity index (χ3n) is 2.45. The minimum atomic E-state index is -1.13. The van der Waals surface area contributed by atoms with E-state index < -0.39 is 18.0 Å². The van der Waals surface area contributed by atoms with Crippen LogP contribution in [0.2, 0.25) is 0 Å². The molecule has 1 rings (SSSR count). The number of carbonyl (C=O) groups is 2. The third-order valence-corrected chi connectivity index (χ3v) is 2.45. The summed E-state index contributed by atoms with van der Waals surface area (Å²) >= 11 is 0. The number of hydrogen-bond acceptors (Lipinski definition) is 4. The fourth-order valence-corrected chi connectivity index (χ4v) is 1.50. The van der Waals surface area contributed by atoms with Gasteiger partial charge in [-0.3, -0.25) is 4.68 Å². The largest absolute Gasteiger partial charge is 0.480 e. The van der Waals surface area contributed by atoms with Crippen molar-refractivity contribution in [2.45, 2.75) is 12.6 Å². The molecule has 0 spiro atoms. The highest BCUT2D eigenvalue weighted by Gasteiger charge is 2.21. The highest BCUT2D eigenvalue weighted by atomic mass is 16.5. The first-order valence-corrected chi connectivity index (χ1v) is 5.65. The fraction of sp³-hybridized carbons (Fsp3) is 0.545. The molecule has 8 nitrogen and oxygen atoms in total. The average molecular weight is 270 g/mol. The predicted octanol–water partition coefficient (Wildman–Crippen LogP) is -0.339. The molecule has 0 aliphatic rings. The second kappa shape index (κ2) is 6.74. The molecule has 2 N–H and O–H groups in total. The molecule has 0 radical (unpaired) electrons. The maximum Gasteiger partial charge on any atom is 0.328 e. The molecule has 106 valence electrons. The quantitative estimate of drug-likeness (QED) is 0.737. The van der Waals surface area contributed by atoms with Crippen LogP contribution in [0.5, 0.6) is 0 Å². The lowest BCUT2D eigenvalue weighted by Crippen LogP contribution is -2.48. The van der Waals surface area contributed by atoms with Crippen molar-refractivity contribution in [3.63, 3.8) is 0 Å². The Morgan fingerprint density at radius 1 is 1.63 bits per heavy atom. The molecule has 0 saturated carbocycles. The average Bonchev–Trinajstić information content (AvgIpc) is 2.73. The number of urea groups is 1. The van der Waals surface area contributed by atoms with Crippen LogP contribution in [-0.2, 0) is 23.1 Å². The zero-order valence-corrected chi connectivity index (χ0v) is 11.2. The first kappa shape index (κ1) is 15.0. The van der Waals surface area contributed by atoms with E-state index in [2.05, 4.69) is 10.4 Å². The summed E-state index contributed by atoms with van der Waals surface area (Å²) in [5.41, 5.74) is 0.860. The Morgan fingerprint density at radius 2 is 2.32 bits per heavy atom. The molecule has 1 atom stereocenters. The summed E-state index contributed by atoms with van der Waals surface area (Å²) in [6.45, 7) is 0.265. The number of carboxylic acids is 1. The van der Waals surface area contributed by atoms with Crippen molar-refractivity contribution >= 4 is 12.0 Å². The second-order valence-corrected chi connectivity index (χ2v) is 4.17. The highest BCUT2D eigenvalue weighted by molar-refractivity contribution is 5.82. The number of aryl methyl sites for hydroxylation is 1. The molecule has 0 aromatic carbocycles. The second-order valence-electron chi connectivity index (χ2n) is 4.17. The number of aliphatic carboxylic acids is 1. The molecule has 2 amide bonds. The molecule has 1 heterocycles. The van der Waals surface area contributed by atoms with Gasteiger partial charge < -0.3 is 20.1 Å². The smallest absolute Gasteiger partial charge is 0.328 e. The van der Waals surface area contributed by atoms with Crippen LogP contribution < -0.4 is 5.32 Å². The molecular weight excluding hydrogens is 252 g/mol. The normalized spacial score (nSPS) is 11.9. The van der Waals surface area contributed by atoms with E-state index in [0.29, 0.717) is 6.54 Å². The summed E-state index contributed by atoms with van der Waals surface area (Å²) in [5.74, 6) is -1.13. The maximum atomic E-state index is 11.8. The number of rotatable bonds is 6. The van der Waals surface area contributed by atoms with E-state index in [1.165, 1.54) is 12.0 Å². The number of nitrogens with one attached hydrogen (secondary N) is 1. The van der Waals surface area contributed by atoms with E-state index in [1.807, 2.05) is 0 Å². The van der Waals surface area contributed by atoms with Crippen LogP contribution in [0.15, 0.2) is 12.4 Å². The fourth-order valence-electron chi connectivity index (χ4n) is 1.50. The third kappa shape index (κ3) is 4.59. The van der Waals surface area contributed by atoms with E-state index in [1.54, 1.807) is 31.2 Å². The topological polar surface area (TPSA) is 96.7 Å². The first-order chi connectivity index (χ1) is 8.93. The molecule has 1 unspecified atom stereocenters. The molecule has 1 aromatic heterocycles. The van der Waals surface area contributed by atoms with Crippen LogP contribution in [0, 0.1) is 0 Å². The summed E-state index contributed by atoms with van der Waals surface area (Å²) in [7, 11) is 4.73. The lowest BCUT2D eigenvalue weighted by Gasteiger charge is -2.20. The summed E-state index contributed by atoms with van der Waals surface area (Å²) in [4.78, 5) is 24.1. The number of ether oxygens (including phenoxy) is 1. The zero-order valence-electron chi connectivity index (χ0n) is 11.2. The van der Waals surface area contributed by atoms with Gasteiger partial charge in [0, 0.05) is 33.0 Å².